The van der Waals surface area contributed by atoms with Crippen molar-refractivity contribution in [3.8, 4) is 0 Å². The number of carbonyl (C=O) groups excluding carboxylic acids is 2. The molecule has 8 nitrogen and oxygen atoms in total. The van der Waals surface area contributed by atoms with E-state index in [0.29, 0.717) is 24.9 Å². The summed E-state index contributed by atoms with van der Waals surface area (Å²) in [6.07, 6.45) is 0. The minimum Gasteiger partial charge on any atom is -0.362 e. The molecule has 1 aliphatic heterocycles. The van der Waals surface area contributed by atoms with Crippen molar-refractivity contribution >= 4 is 11.8 Å². The number of amides is 2. The molecule has 0 aromatic carbocycles. The van der Waals surface area contributed by atoms with Crippen LogP contribution >= 0.6 is 0 Å². The molecule has 0 unspecified atom stereocenters. The van der Waals surface area contributed by atoms with Gasteiger partial charge in [0.1, 0.15) is 0 Å². The normalized spacial score (nSPS) is 22.6. The maximum Gasteiger partial charge on any atom is 0.254 e. The van der Waals surface area contributed by atoms with E-state index in [1.54, 1.807) is 18.7 Å². The van der Waals surface area contributed by atoms with E-state index < -0.39 is 5.60 Å². The molecule has 1 aromatic rings. The van der Waals surface area contributed by atoms with Crippen LogP contribution < -0.4 is 5.32 Å². The van der Waals surface area contributed by atoms with Gasteiger partial charge < -0.3 is 19.5 Å². The summed E-state index contributed by atoms with van der Waals surface area (Å²) >= 11 is 0. The van der Waals surface area contributed by atoms with Crippen molar-refractivity contribution in [2.75, 3.05) is 19.7 Å². The quantitative estimate of drug-likeness (QED) is 0.812. The first-order chi connectivity index (χ1) is 9.40. The summed E-state index contributed by atoms with van der Waals surface area (Å²) in [7, 11) is 0. The van der Waals surface area contributed by atoms with Crippen LogP contribution in [0.25, 0.3) is 0 Å². The van der Waals surface area contributed by atoms with Gasteiger partial charge in [0.25, 0.3) is 5.91 Å². The van der Waals surface area contributed by atoms with Crippen molar-refractivity contribution in [1.29, 1.82) is 0 Å². The summed E-state index contributed by atoms with van der Waals surface area (Å²) < 4.78 is 10.4. The topological polar surface area (TPSA) is 97.6 Å². The Bertz CT molecular complexity index is 515. The van der Waals surface area contributed by atoms with E-state index in [-0.39, 0.29) is 24.9 Å². The van der Waals surface area contributed by atoms with Gasteiger partial charge in [-0.1, -0.05) is 5.16 Å². The number of aryl methyl sites for hydroxylation is 1. The van der Waals surface area contributed by atoms with Crippen molar-refractivity contribution in [3.63, 3.8) is 0 Å². The largest absolute Gasteiger partial charge is 0.362 e. The summed E-state index contributed by atoms with van der Waals surface area (Å²) in [6.45, 7) is 6.06. The molecule has 2 rings (SSSR count). The number of nitrogens with one attached hydrogen (secondary N) is 1. The van der Waals surface area contributed by atoms with Gasteiger partial charge in [0.15, 0.2) is 11.4 Å². The Morgan fingerprint density at radius 1 is 1.50 bits per heavy atom. The third kappa shape index (κ3) is 3.13. The van der Waals surface area contributed by atoms with Crippen molar-refractivity contribution in [1.82, 2.24) is 20.4 Å². The van der Waals surface area contributed by atoms with E-state index in [2.05, 4.69) is 15.5 Å². The molecular formula is C12H18N4O4. The van der Waals surface area contributed by atoms with Crippen LogP contribution in [-0.2, 0) is 20.9 Å². The van der Waals surface area contributed by atoms with E-state index in [9.17, 15) is 9.59 Å². The Morgan fingerprint density at radius 3 is 2.85 bits per heavy atom. The molecule has 1 aliphatic rings. The third-order valence-electron chi connectivity index (χ3n) is 3.18. The first-order valence-corrected chi connectivity index (χ1v) is 6.38. The number of hydrogen-bond donors (Lipinski definition) is 1. The first kappa shape index (κ1) is 14.4. The highest BCUT2D eigenvalue weighted by molar-refractivity contribution is 5.86. The van der Waals surface area contributed by atoms with E-state index in [1.807, 2.05) is 0 Å². The van der Waals surface area contributed by atoms with Crippen molar-refractivity contribution < 1.29 is 18.8 Å². The number of carbonyl (C=O) groups is 2. The lowest BCUT2D eigenvalue weighted by Gasteiger charge is -2.38. The predicted octanol–water partition coefficient (Wildman–Crippen LogP) is -0.368. The zero-order chi connectivity index (χ0) is 14.8. The van der Waals surface area contributed by atoms with Gasteiger partial charge in [-0.05, 0) is 6.92 Å². The van der Waals surface area contributed by atoms with Gasteiger partial charge in [-0.25, -0.2) is 0 Å². The standard InChI is InChI=1S/C12H18N4O4/c1-8-14-10(15-20-8)6-13-11(18)12(3)7-16(9(2)17)4-5-19-12/h4-7H2,1-3H3,(H,13,18)/t12-/m0/s1. The highest BCUT2D eigenvalue weighted by Gasteiger charge is 2.40. The monoisotopic (exact) mass is 282 g/mol. The minimum atomic E-state index is -1.05. The van der Waals surface area contributed by atoms with E-state index in [0.717, 1.165) is 0 Å². The number of ether oxygens (including phenoxy) is 1. The fourth-order valence-electron chi connectivity index (χ4n) is 2.04. The molecule has 0 radical (unpaired) electrons. The molecule has 8 heteroatoms. The van der Waals surface area contributed by atoms with E-state index in [4.69, 9.17) is 9.26 Å². The Kier molecular flexibility index (Phi) is 4.03. The molecule has 0 saturated carbocycles. The Labute approximate surface area is 116 Å². The summed E-state index contributed by atoms with van der Waals surface area (Å²) in [5.41, 5.74) is -1.05. The second-order valence-corrected chi connectivity index (χ2v) is 4.93. The molecule has 1 saturated heterocycles. The van der Waals surface area contributed by atoms with Gasteiger partial charge in [-0.3, -0.25) is 9.59 Å². The van der Waals surface area contributed by atoms with Crippen LogP contribution in [0, 0.1) is 6.92 Å². The van der Waals surface area contributed by atoms with Gasteiger partial charge in [0, 0.05) is 20.4 Å². The second-order valence-electron chi connectivity index (χ2n) is 4.93. The fraction of sp³-hybridized carbons (Fsp3) is 0.667. The highest BCUT2D eigenvalue weighted by Crippen LogP contribution is 2.18. The molecule has 0 aliphatic carbocycles. The molecule has 0 spiro atoms. The maximum absolute atomic E-state index is 12.2. The lowest BCUT2D eigenvalue weighted by molar-refractivity contribution is -0.162. The molecule has 110 valence electrons. The summed E-state index contributed by atoms with van der Waals surface area (Å²) in [5.74, 6) is 0.475. The number of aromatic nitrogens is 2. The van der Waals surface area contributed by atoms with E-state index >= 15 is 0 Å². The number of hydrogen-bond acceptors (Lipinski definition) is 6. The summed E-state index contributed by atoms with van der Waals surface area (Å²) in [4.78, 5) is 29.2. The average Bonchev–Trinajstić information content (AvgIpc) is 2.81. The highest BCUT2D eigenvalue weighted by atomic mass is 16.5. The lowest BCUT2D eigenvalue weighted by Crippen LogP contribution is -2.58. The van der Waals surface area contributed by atoms with Crippen LogP contribution in [0.2, 0.25) is 0 Å². The van der Waals surface area contributed by atoms with Crippen LogP contribution in [-0.4, -0.2) is 52.2 Å². The predicted molar refractivity (Wildman–Crippen MR) is 67.5 cm³/mol. The first-order valence-electron chi connectivity index (χ1n) is 6.38. The van der Waals surface area contributed by atoms with Crippen LogP contribution in [0.15, 0.2) is 4.52 Å². The molecule has 20 heavy (non-hydrogen) atoms. The van der Waals surface area contributed by atoms with Crippen LogP contribution in [0.4, 0.5) is 0 Å². The average molecular weight is 282 g/mol. The molecular weight excluding hydrogens is 264 g/mol. The zero-order valence-electron chi connectivity index (χ0n) is 11.8. The molecule has 0 bridgehead atoms. The SMILES string of the molecule is CC(=O)N1CCO[C@](C)(C(=O)NCc2noc(C)n2)C1. The minimum absolute atomic E-state index is 0.0684. The number of morpholine rings is 1. The van der Waals surface area contributed by atoms with Gasteiger partial charge in [-0.2, -0.15) is 4.98 Å². The number of nitrogens with zero attached hydrogens (tertiary/aromatic N) is 3. The third-order valence-corrected chi connectivity index (χ3v) is 3.18. The summed E-state index contributed by atoms with van der Waals surface area (Å²) in [5, 5.41) is 6.39. The van der Waals surface area contributed by atoms with Gasteiger partial charge in [0.2, 0.25) is 11.8 Å². The molecule has 2 amide bonds. The molecule has 2 heterocycles. The Morgan fingerprint density at radius 2 is 2.25 bits per heavy atom. The van der Waals surface area contributed by atoms with Crippen molar-refractivity contribution in [2.24, 2.45) is 0 Å². The van der Waals surface area contributed by atoms with Crippen molar-refractivity contribution in [2.45, 2.75) is 32.9 Å². The van der Waals surface area contributed by atoms with Crippen LogP contribution in [0.5, 0.6) is 0 Å². The molecule has 1 fully saturated rings. The molecule has 1 aromatic heterocycles. The Balaban J connectivity index is 1.94. The van der Waals surface area contributed by atoms with Gasteiger partial charge in [0.05, 0.1) is 19.7 Å². The zero-order valence-corrected chi connectivity index (χ0v) is 11.8. The molecule has 1 N–H and O–H groups in total. The second kappa shape index (κ2) is 5.58. The summed E-state index contributed by atoms with van der Waals surface area (Å²) in [6, 6.07) is 0. The maximum atomic E-state index is 12.2. The molecule has 1 atom stereocenters. The Hall–Kier alpha value is -1.96. The van der Waals surface area contributed by atoms with Crippen LogP contribution in [0.3, 0.4) is 0 Å². The van der Waals surface area contributed by atoms with Crippen LogP contribution in [0.1, 0.15) is 25.6 Å². The van der Waals surface area contributed by atoms with E-state index in [1.165, 1.54) is 6.92 Å². The van der Waals surface area contributed by atoms with Gasteiger partial charge >= 0.3 is 0 Å². The van der Waals surface area contributed by atoms with Crippen molar-refractivity contribution in [3.05, 3.63) is 11.7 Å². The fourth-order valence-corrected chi connectivity index (χ4v) is 2.04. The lowest BCUT2D eigenvalue weighted by atomic mass is 10.0. The number of rotatable bonds is 3. The smallest absolute Gasteiger partial charge is 0.254 e. The van der Waals surface area contributed by atoms with Gasteiger partial charge in [-0.15, -0.1) is 0 Å².